The highest BCUT2D eigenvalue weighted by Gasteiger charge is 1.99. The lowest BCUT2D eigenvalue weighted by Crippen LogP contribution is -1.99. The van der Waals surface area contributed by atoms with Gasteiger partial charge >= 0.3 is 0 Å². The average Bonchev–Trinajstić information content (AvgIpc) is 2.41. The van der Waals surface area contributed by atoms with Crippen molar-refractivity contribution in [3.8, 4) is 16.9 Å². The van der Waals surface area contributed by atoms with E-state index in [1.54, 1.807) is 12.1 Å². The number of halogens is 1. The standard InChI is InChI=1S/C15H15FO2/c16-14-6-2-12(3-7-14)13-4-8-15(9-5-13)18-11-1-10-17/h2-9,17H,1,10-11H2. The number of benzene rings is 2. The molecule has 0 heterocycles. The summed E-state index contributed by atoms with van der Waals surface area (Å²) in [7, 11) is 0. The molecule has 2 aromatic rings. The Balaban J connectivity index is 2.05. The smallest absolute Gasteiger partial charge is 0.123 e. The number of hydrogen-bond acceptors (Lipinski definition) is 2. The summed E-state index contributed by atoms with van der Waals surface area (Å²) < 4.78 is 18.2. The zero-order valence-corrected chi connectivity index (χ0v) is 9.97. The SMILES string of the molecule is OCCCOc1ccc(-c2ccc(F)cc2)cc1. The van der Waals surface area contributed by atoms with Gasteiger partial charge in [-0.3, -0.25) is 0 Å². The second-order valence-electron chi connectivity index (χ2n) is 3.96. The van der Waals surface area contributed by atoms with Gasteiger partial charge in [0.2, 0.25) is 0 Å². The highest BCUT2D eigenvalue weighted by Crippen LogP contribution is 2.22. The van der Waals surface area contributed by atoms with Crippen LogP contribution in [0.5, 0.6) is 5.75 Å². The molecule has 18 heavy (non-hydrogen) atoms. The minimum atomic E-state index is -0.234. The van der Waals surface area contributed by atoms with Crippen molar-refractivity contribution in [2.24, 2.45) is 0 Å². The van der Waals surface area contributed by atoms with Crippen LogP contribution in [0.3, 0.4) is 0 Å². The first-order valence-corrected chi connectivity index (χ1v) is 5.89. The first-order valence-electron chi connectivity index (χ1n) is 5.89. The van der Waals surface area contributed by atoms with E-state index in [1.807, 2.05) is 24.3 Å². The third-order valence-corrected chi connectivity index (χ3v) is 2.60. The molecule has 2 nitrogen and oxygen atoms in total. The van der Waals surface area contributed by atoms with Crippen LogP contribution in [0.4, 0.5) is 4.39 Å². The third kappa shape index (κ3) is 3.31. The van der Waals surface area contributed by atoms with Gasteiger partial charge in [0.1, 0.15) is 11.6 Å². The molecule has 0 amide bonds. The summed E-state index contributed by atoms with van der Waals surface area (Å²) in [5.74, 6) is 0.539. The van der Waals surface area contributed by atoms with Crippen LogP contribution < -0.4 is 4.74 Å². The van der Waals surface area contributed by atoms with Crippen molar-refractivity contribution in [2.75, 3.05) is 13.2 Å². The number of aliphatic hydroxyl groups is 1. The monoisotopic (exact) mass is 246 g/mol. The predicted molar refractivity (Wildman–Crippen MR) is 69.0 cm³/mol. The number of aliphatic hydroxyl groups excluding tert-OH is 1. The van der Waals surface area contributed by atoms with Crippen molar-refractivity contribution in [2.45, 2.75) is 6.42 Å². The molecule has 0 bridgehead atoms. The first-order chi connectivity index (χ1) is 8.79. The van der Waals surface area contributed by atoms with Gasteiger partial charge in [-0.05, 0) is 35.4 Å². The van der Waals surface area contributed by atoms with Crippen LogP contribution in [0.2, 0.25) is 0 Å². The summed E-state index contributed by atoms with van der Waals surface area (Å²) in [4.78, 5) is 0. The van der Waals surface area contributed by atoms with Crippen LogP contribution in [-0.2, 0) is 0 Å². The molecule has 0 aliphatic carbocycles. The Morgan fingerprint density at radius 1 is 0.889 bits per heavy atom. The van der Waals surface area contributed by atoms with Crippen LogP contribution >= 0.6 is 0 Å². The van der Waals surface area contributed by atoms with E-state index < -0.39 is 0 Å². The third-order valence-electron chi connectivity index (χ3n) is 2.60. The minimum Gasteiger partial charge on any atom is -0.494 e. The van der Waals surface area contributed by atoms with Crippen molar-refractivity contribution in [3.63, 3.8) is 0 Å². The van der Waals surface area contributed by atoms with Gasteiger partial charge < -0.3 is 9.84 Å². The molecule has 2 aromatic carbocycles. The molecule has 94 valence electrons. The van der Waals surface area contributed by atoms with E-state index in [-0.39, 0.29) is 12.4 Å². The topological polar surface area (TPSA) is 29.5 Å². The zero-order valence-electron chi connectivity index (χ0n) is 9.97. The van der Waals surface area contributed by atoms with E-state index in [4.69, 9.17) is 9.84 Å². The Bertz CT molecular complexity index is 477. The molecular formula is C15H15FO2. The maximum Gasteiger partial charge on any atom is 0.123 e. The Morgan fingerprint density at radius 2 is 1.44 bits per heavy atom. The van der Waals surface area contributed by atoms with Gasteiger partial charge in [0, 0.05) is 13.0 Å². The molecule has 0 spiro atoms. The molecular weight excluding hydrogens is 231 g/mol. The fourth-order valence-electron chi connectivity index (χ4n) is 1.64. The van der Waals surface area contributed by atoms with Gasteiger partial charge in [-0.25, -0.2) is 4.39 Å². The molecule has 0 aromatic heterocycles. The van der Waals surface area contributed by atoms with Crippen molar-refractivity contribution < 1.29 is 14.2 Å². The van der Waals surface area contributed by atoms with Gasteiger partial charge in [-0.2, -0.15) is 0 Å². The molecule has 0 fully saturated rings. The Kier molecular flexibility index (Phi) is 4.31. The maximum absolute atomic E-state index is 12.8. The molecule has 2 rings (SSSR count). The lowest BCUT2D eigenvalue weighted by molar-refractivity contribution is 0.233. The summed E-state index contributed by atoms with van der Waals surface area (Å²) in [6, 6.07) is 14.0. The van der Waals surface area contributed by atoms with Gasteiger partial charge in [0.15, 0.2) is 0 Å². The Hall–Kier alpha value is -1.87. The number of rotatable bonds is 5. The van der Waals surface area contributed by atoms with Crippen LogP contribution in [0.1, 0.15) is 6.42 Å². The molecule has 0 radical (unpaired) electrons. The van der Waals surface area contributed by atoms with E-state index in [1.165, 1.54) is 12.1 Å². The van der Waals surface area contributed by atoms with Gasteiger partial charge in [0.05, 0.1) is 6.61 Å². The van der Waals surface area contributed by atoms with E-state index in [0.717, 1.165) is 16.9 Å². The van der Waals surface area contributed by atoms with Gasteiger partial charge in [-0.15, -0.1) is 0 Å². The van der Waals surface area contributed by atoms with Gasteiger partial charge in [-0.1, -0.05) is 24.3 Å². The molecule has 0 aliphatic rings. The normalized spacial score (nSPS) is 10.3. The van der Waals surface area contributed by atoms with Crippen molar-refractivity contribution in [1.29, 1.82) is 0 Å². The summed E-state index contributed by atoms with van der Waals surface area (Å²) in [6.45, 7) is 0.639. The fourth-order valence-corrected chi connectivity index (χ4v) is 1.64. The first kappa shape index (κ1) is 12.6. The second kappa shape index (κ2) is 6.17. The van der Waals surface area contributed by atoms with Gasteiger partial charge in [0.25, 0.3) is 0 Å². The molecule has 0 unspecified atom stereocenters. The fraction of sp³-hybridized carbons (Fsp3) is 0.200. The largest absolute Gasteiger partial charge is 0.494 e. The predicted octanol–water partition coefficient (Wildman–Crippen LogP) is 3.25. The summed E-state index contributed by atoms with van der Waals surface area (Å²) in [5.41, 5.74) is 1.99. The maximum atomic E-state index is 12.8. The molecule has 0 atom stereocenters. The Labute approximate surface area is 106 Å². The highest BCUT2D eigenvalue weighted by atomic mass is 19.1. The van der Waals surface area contributed by atoms with E-state index >= 15 is 0 Å². The van der Waals surface area contributed by atoms with Crippen LogP contribution in [0.15, 0.2) is 48.5 Å². The summed E-state index contributed by atoms with van der Waals surface area (Å²) >= 11 is 0. The quantitative estimate of drug-likeness (QED) is 0.820. The van der Waals surface area contributed by atoms with Crippen molar-refractivity contribution in [1.82, 2.24) is 0 Å². The summed E-state index contributed by atoms with van der Waals surface area (Å²) in [5, 5.41) is 8.65. The van der Waals surface area contributed by atoms with E-state index in [2.05, 4.69) is 0 Å². The van der Waals surface area contributed by atoms with E-state index in [0.29, 0.717) is 13.0 Å². The molecule has 0 aliphatic heterocycles. The zero-order chi connectivity index (χ0) is 12.8. The Morgan fingerprint density at radius 3 is 2.00 bits per heavy atom. The van der Waals surface area contributed by atoms with E-state index in [9.17, 15) is 4.39 Å². The number of ether oxygens (including phenoxy) is 1. The minimum absolute atomic E-state index is 0.133. The highest BCUT2D eigenvalue weighted by molar-refractivity contribution is 5.63. The van der Waals surface area contributed by atoms with Crippen LogP contribution in [0.25, 0.3) is 11.1 Å². The number of hydrogen-bond donors (Lipinski definition) is 1. The molecule has 0 saturated heterocycles. The average molecular weight is 246 g/mol. The van der Waals surface area contributed by atoms with Crippen LogP contribution in [0, 0.1) is 5.82 Å². The second-order valence-corrected chi connectivity index (χ2v) is 3.96. The molecule has 0 saturated carbocycles. The lowest BCUT2D eigenvalue weighted by Gasteiger charge is -2.06. The molecule has 3 heteroatoms. The lowest BCUT2D eigenvalue weighted by atomic mass is 10.1. The van der Waals surface area contributed by atoms with Crippen molar-refractivity contribution >= 4 is 0 Å². The molecule has 1 N–H and O–H groups in total. The summed E-state index contributed by atoms with van der Waals surface area (Å²) in [6.07, 6.45) is 0.625. The van der Waals surface area contributed by atoms with Crippen LogP contribution in [-0.4, -0.2) is 18.3 Å². The van der Waals surface area contributed by atoms with Crippen molar-refractivity contribution in [3.05, 3.63) is 54.3 Å².